The number of benzene rings is 1. The summed E-state index contributed by atoms with van der Waals surface area (Å²) in [5.74, 6) is -0.958. The lowest BCUT2D eigenvalue weighted by molar-refractivity contribution is -0.126. The summed E-state index contributed by atoms with van der Waals surface area (Å²) < 4.78 is 23.0. The molecule has 26 heavy (non-hydrogen) atoms. The molecule has 1 saturated heterocycles. The highest BCUT2D eigenvalue weighted by Gasteiger charge is 2.36. The number of nitrogens with one attached hydrogen (secondary N) is 1. The van der Waals surface area contributed by atoms with Crippen molar-refractivity contribution >= 4 is 27.5 Å². The number of hydrogen-bond donors (Lipinski definition) is 3. The van der Waals surface area contributed by atoms with E-state index in [4.69, 9.17) is 10.9 Å². The van der Waals surface area contributed by atoms with E-state index in [9.17, 15) is 18.0 Å². The highest BCUT2D eigenvalue weighted by Crippen LogP contribution is 2.27. The first-order valence-electron chi connectivity index (χ1n) is 8.59. The van der Waals surface area contributed by atoms with Crippen LogP contribution in [0.2, 0.25) is 0 Å². The number of carbonyl (C=O) groups is 2. The van der Waals surface area contributed by atoms with Crippen molar-refractivity contribution < 1.29 is 18.0 Å². The predicted molar refractivity (Wildman–Crippen MR) is 98.8 cm³/mol. The van der Waals surface area contributed by atoms with Crippen LogP contribution in [0.3, 0.4) is 0 Å². The van der Waals surface area contributed by atoms with Gasteiger partial charge in [-0.3, -0.25) is 9.59 Å². The average Bonchev–Trinajstić information content (AvgIpc) is 3.00. The standard InChI is InChI=1S/C17H26N4O4S/c1-3-17(18,4-2)11-20-16(23)12-8-15(22)21(10-12)13-6-5-7-14(9-13)26(19,24)25/h5-7,9,12H,3-4,8,10-11,18H2,1-2H3,(H,20,23)(H2,19,24,25). The van der Waals surface area contributed by atoms with Crippen LogP contribution >= 0.6 is 0 Å². The van der Waals surface area contributed by atoms with Crippen LogP contribution in [0.25, 0.3) is 0 Å². The van der Waals surface area contributed by atoms with Gasteiger partial charge in [-0.15, -0.1) is 0 Å². The molecule has 1 unspecified atom stereocenters. The Bertz CT molecular complexity index is 790. The van der Waals surface area contributed by atoms with Crippen molar-refractivity contribution in [1.82, 2.24) is 5.32 Å². The van der Waals surface area contributed by atoms with E-state index in [0.29, 0.717) is 12.2 Å². The number of carbonyl (C=O) groups excluding carboxylic acids is 2. The summed E-state index contributed by atoms with van der Waals surface area (Å²) in [5, 5.41) is 7.97. The van der Waals surface area contributed by atoms with Gasteiger partial charge in [-0.2, -0.15) is 0 Å². The van der Waals surface area contributed by atoms with Gasteiger partial charge in [0.25, 0.3) is 0 Å². The highest BCUT2D eigenvalue weighted by molar-refractivity contribution is 7.89. The molecule has 1 aromatic rings. The van der Waals surface area contributed by atoms with Crippen molar-refractivity contribution in [3.05, 3.63) is 24.3 Å². The maximum atomic E-state index is 12.4. The van der Waals surface area contributed by atoms with E-state index < -0.39 is 21.5 Å². The summed E-state index contributed by atoms with van der Waals surface area (Å²) in [6.07, 6.45) is 1.54. The van der Waals surface area contributed by atoms with E-state index in [1.54, 1.807) is 6.07 Å². The Morgan fingerprint density at radius 2 is 2.00 bits per heavy atom. The molecular formula is C17H26N4O4S. The van der Waals surface area contributed by atoms with Gasteiger partial charge < -0.3 is 16.0 Å². The monoisotopic (exact) mass is 382 g/mol. The highest BCUT2D eigenvalue weighted by atomic mass is 32.2. The minimum atomic E-state index is -3.86. The van der Waals surface area contributed by atoms with Gasteiger partial charge in [0.1, 0.15) is 0 Å². The number of nitrogens with zero attached hydrogens (tertiary/aromatic N) is 1. The summed E-state index contributed by atoms with van der Waals surface area (Å²) in [6.45, 7) is 4.48. The number of amides is 2. The van der Waals surface area contributed by atoms with Crippen molar-refractivity contribution in [2.45, 2.75) is 43.5 Å². The molecule has 0 saturated carbocycles. The number of nitrogens with two attached hydrogens (primary N) is 2. The van der Waals surface area contributed by atoms with Gasteiger partial charge in [-0.25, -0.2) is 13.6 Å². The lowest BCUT2D eigenvalue weighted by Gasteiger charge is -2.27. The van der Waals surface area contributed by atoms with Crippen LogP contribution in [0, 0.1) is 5.92 Å². The van der Waals surface area contributed by atoms with E-state index >= 15 is 0 Å². The molecule has 5 N–H and O–H groups in total. The Morgan fingerprint density at radius 1 is 1.35 bits per heavy atom. The van der Waals surface area contributed by atoms with Crippen molar-refractivity contribution in [2.24, 2.45) is 16.8 Å². The van der Waals surface area contributed by atoms with Crippen LogP contribution in [0.5, 0.6) is 0 Å². The second-order valence-electron chi connectivity index (χ2n) is 6.74. The number of hydrogen-bond acceptors (Lipinski definition) is 5. The molecule has 0 radical (unpaired) electrons. The Balaban J connectivity index is 2.08. The van der Waals surface area contributed by atoms with Crippen LogP contribution in [-0.4, -0.2) is 38.9 Å². The average molecular weight is 382 g/mol. The molecular weight excluding hydrogens is 356 g/mol. The van der Waals surface area contributed by atoms with Gasteiger partial charge in [-0.05, 0) is 31.0 Å². The number of rotatable bonds is 7. The quantitative estimate of drug-likeness (QED) is 0.624. The third-order valence-corrected chi connectivity index (χ3v) is 5.89. The first kappa shape index (κ1) is 20.3. The fourth-order valence-electron chi connectivity index (χ4n) is 2.87. The summed E-state index contributed by atoms with van der Waals surface area (Å²) in [5.41, 5.74) is 6.14. The van der Waals surface area contributed by atoms with Crippen molar-refractivity contribution in [1.29, 1.82) is 0 Å². The van der Waals surface area contributed by atoms with Crippen molar-refractivity contribution in [3.8, 4) is 0 Å². The predicted octanol–water partition coefficient (Wildman–Crippen LogP) is 0.321. The Kier molecular flexibility index (Phi) is 6.05. The van der Waals surface area contributed by atoms with Gasteiger partial charge in [0.05, 0.1) is 10.8 Å². The Morgan fingerprint density at radius 3 is 2.58 bits per heavy atom. The number of anilines is 1. The van der Waals surface area contributed by atoms with E-state index in [-0.39, 0.29) is 29.7 Å². The van der Waals surface area contributed by atoms with Crippen LogP contribution in [0.15, 0.2) is 29.2 Å². The number of sulfonamides is 1. The van der Waals surface area contributed by atoms with Crippen molar-refractivity contribution in [3.63, 3.8) is 0 Å². The van der Waals surface area contributed by atoms with Gasteiger partial charge in [-0.1, -0.05) is 19.9 Å². The van der Waals surface area contributed by atoms with Gasteiger partial charge in [0.2, 0.25) is 21.8 Å². The zero-order valence-corrected chi connectivity index (χ0v) is 15.9. The van der Waals surface area contributed by atoms with E-state index in [0.717, 1.165) is 12.8 Å². The zero-order valence-electron chi connectivity index (χ0n) is 15.1. The first-order chi connectivity index (χ1) is 12.1. The molecule has 1 atom stereocenters. The molecule has 0 aromatic heterocycles. The first-order valence-corrected chi connectivity index (χ1v) is 10.1. The lowest BCUT2D eigenvalue weighted by Crippen LogP contribution is -2.50. The maximum Gasteiger partial charge on any atom is 0.238 e. The molecule has 1 fully saturated rings. The largest absolute Gasteiger partial charge is 0.354 e. The Labute approximate surface area is 154 Å². The lowest BCUT2D eigenvalue weighted by atomic mass is 9.94. The fourth-order valence-corrected chi connectivity index (χ4v) is 3.42. The third-order valence-electron chi connectivity index (χ3n) is 4.98. The van der Waals surface area contributed by atoms with Crippen LogP contribution in [0.4, 0.5) is 5.69 Å². The second-order valence-corrected chi connectivity index (χ2v) is 8.30. The molecule has 1 aliphatic heterocycles. The molecule has 1 aromatic carbocycles. The molecule has 9 heteroatoms. The summed E-state index contributed by atoms with van der Waals surface area (Å²) in [4.78, 5) is 26.1. The fraction of sp³-hybridized carbons (Fsp3) is 0.529. The minimum absolute atomic E-state index is 0.0707. The third kappa shape index (κ3) is 4.60. The summed E-state index contributed by atoms with van der Waals surface area (Å²) >= 11 is 0. The molecule has 2 rings (SSSR count). The molecule has 1 heterocycles. The van der Waals surface area contributed by atoms with E-state index in [2.05, 4.69) is 5.32 Å². The summed E-state index contributed by atoms with van der Waals surface area (Å²) in [6, 6.07) is 5.83. The Hall–Kier alpha value is -1.97. The molecule has 0 bridgehead atoms. The van der Waals surface area contributed by atoms with Crippen LogP contribution in [0.1, 0.15) is 33.1 Å². The molecule has 0 aliphatic carbocycles. The van der Waals surface area contributed by atoms with E-state index in [1.165, 1.54) is 23.1 Å². The molecule has 144 valence electrons. The van der Waals surface area contributed by atoms with Gasteiger partial charge in [0.15, 0.2) is 0 Å². The second kappa shape index (κ2) is 7.73. The SMILES string of the molecule is CCC(N)(CC)CNC(=O)C1CC(=O)N(c2cccc(S(N)(=O)=O)c2)C1. The minimum Gasteiger partial charge on any atom is -0.354 e. The smallest absolute Gasteiger partial charge is 0.238 e. The van der Waals surface area contributed by atoms with E-state index in [1.807, 2.05) is 13.8 Å². The normalized spacial score (nSPS) is 18.2. The zero-order chi connectivity index (χ0) is 19.5. The van der Waals surface area contributed by atoms with Crippen LogP contribution in [-0.2, 0) is 19.6 Å². The molecule has 0 spiro atoms. The van der Waals surface area contributed by atoms with Crippen LogP contribution < -0.4 is 21.1 Å². The number of primary sulfonamides is 1. The maximum absolute atomic E-state index is 12.4. The summed E-state index contributed by atoms with van der Waals surface area (Å²) in [7, 11) is -3.86. The topological polar surface area (TPSA) is 136 Å². The molecule has 1 aliphatic rings. The molecule has 2 amide bonds. The van der Waals surface area contributed by atoms with Gasteiger partial charge in [0, 0.05) is 30.7 Å². The van der Waals surface area contributed by atoms with Crippen molar-refractivity contribution in [2.75, 3.05) is 18.0 Å². The van der Waals surface area contributed by atoms with Gasteiger partial charge >= 0.3 is 0 Å². The molecule has 8 nitrogen and oxygen atoms in total.